The molecule has 11 heavy (non-hydrogen) atoms. The summed E-state index contributed by atoms with van der Waals surface area (Å²) in [6.07, 6.45) is 0. The highest BCUT2D eigenvalue weighted by Gasteiger charge is 2.07. The van der Waals surface area contributed by atoms with Crippen LogP contribution >= 0.6 is 12.2 Å². The number of hydrogen-bond acceptors (Lipinski definition) is 4. The number of carbonyl (C=O) groups is 1. The van der Waals surface area contributed by atoms with E-state index in [1.54, 1.807) is 6.92 Å². The van der Waals surface area contributed by atoms with Gasteiger partial charge in [-0.2, -0.15) is 5.10 Å². The maximum absolute atomic E-state index is 10.3. The quantitative estimate of drug-likeness (QED) is 0.603. The first-order chi connectivity index (χ1) is 5.11. The van der Waals surface area contributed by atoms with E-state index in [2.05, 4.69) is 27.4 Å². The number of carboxylic acids is 1. The Morgan fingerprint density at radius 1 is 1.73 bits per heavy atom. The fraction of sp³-hybridized carbons (Fsp3) is 0.200. The van der Waals surface area contributed by atoms with E-state index in [9.17, 15) is 4.79 Å². The van der Waals surface area contributed by atoms with Crippen LogP contribution in [-0.4, -0.2) is 26.3 Å². The highest BCUT2D eigenvalue weighted by atomic mass is 32.1. The number of aryl methyl sites for hydroxylation is 1. The Labute approximate surface area is 67.1 Å². The largest absolute Gasteiger partial charge is 0.476 e. The number of rotatable bonds is 1. The van der Waals surface area contributed by atoms with Crippen molar-refractivity contribution in [3.8, 4) is 0 Å². The maximum atomic E-state index is 10.3. The number of H-pyrrole nitrogens is 1. The lowest BCUT2D eigenvalue weighted by Crippen LogP contribution is -2.05. The zero-order valence-electron chi connectivity index (χ0n) is 5.66. The van der Waals surface area contributed by atoms with Crippen LogP contribution in [0.2, 0.25) is 0 Å². The molecule has 0 saturated heterocycles. The van der Waals surface area contributed by atoms with Crippen molar-refractivity contribution in [1.29, 1.82) is 0 Å². The lowest BCUT2D eigenvalue weighted by atomic mass is 10.5. The summed E-state index contributed by atoms with van der Waals surface area (Å²) < 4.78 is 0.00810. The van der Waals surface area contributed by atoms with Crippen molar-refractivity contribution in [3.05, 3.63) is 16.2 Å². The number of carboxylic acid groups (broad SMARTS) is 1. The summed E-state index contributed by atoms with van der Waals surface area (Å²) in [4.78, 5) is 14.1. The summed E-state index contributed by atoms with van der Waals surface area (Å²) in [6.45, 7) is 1.65. The van der Waals surface area contributed by atoms with Crippen LogP contribution in [0.5, 0.6) is 0 Å². The van der Waals surface area contributed by atoms with Gasteiger partial charge in [-0.1, -0.05) is 12.2 Å². The lowest BCUT2D eigenvalue weighted by molar-refractivity contribution is 0.0687. The van der Waals surface area contributed by atoms with E-state index in [0.717, 1.165) is 0 Å². The van der Waals surface area contributed by atoms with Crippen LogP contribution in [0.15, 0.2) is 0 Å². The van der Waals surface area contributed by atoms with Crippen molar-refractivity contribution in [2.45, 2.75) is 6.92 Å². The molecule has 0 saturated carbocycles. The average molecular weight is 171 g/mol. The third kappa shape index (κ3) is 1.58. The van der Waals surface area contributed by atoms with Gasteiger partial charge in [-0.05, 0) is 6.92 Å². The van der Waals surface area contributed by atoms with Crippen LogP contribution in [-0.2, 0) is 0 Å². The van der Waals surface area contributed by atoms with E-state index in [-0.39, 0.29) is 10.3 Å². The van der Waals surface area contributed by atoms with Gasteiger partial charge < -0.3 is 5.11 Å². The first-order valence-electron chi connectivity index (χ1n) is 2.78. The van der Waals surface area contributed by atoms with Gasteiger partial charge in [0.05, 0.1) is 0 Å². The fourth-order valence-electron chi connectivity index (χ4n) is 0.554. The van der Waals surface area contributed by atoms with Gasteiger partial charge in [0, 0.05) is 0 Å². The zero-order valence-corrected chi connectivity index (χ0v) is 6.47. The second-order valence-corrected chi connectivity index (χ2v) is 2.27. The van der Waals surface area contributed by atoms with Crippen LogP contribution in [0, 0.1) is 11.6 Å². The molecule has 0 spiro atoms. The van der Waals surface area contributed by atoms with Gasteiger partial charge in [0.1, 0.15) is 5.82 Å². The van der Waals surface area contributed by atoms with Crippen LogP contribution < -0.4 is 0 Å². The normalized spacial score (nSPS) is 9.55. The van der Waals surface area contributed by atoms with Crippen LogP contribution in [0.3, 0.4) is 0 Å². The summed E-state index contributed by atoms with van der Waals surface area (Å²) in [5.74, 6) is -0.668. The molecular weight excluding hydrogens is 166 g/mol. The molecule has 0 radical (unpaired) electrons. The number of nitrogens with one attached hydrogen (secondary N) is 1. The molecule has 0 unspecified atom stereocenters. The minimum Gasteiger partial charge on any atom is -0.476 e. The molecule has 0 atom stereocenters. The Morgan fingerprint density at radius 2 is 2.36 bits per heavy atom. The van der Waals surface area contributed by atoms with Crippen LogP contribution in [0.4, 0.5) is 0 Å². The highest BCUT2D eigenvalue weighted by Crippen LogP contribution is 1.94. The molecular formula is C5H5N3O2S. The minimum absolute atomic E-state index is 0.00810. The molecule has 5 nitrogen and oxygen atoms in total. The predicted molar refractivity (Wildman–Crippen MR) is 38.9 cm³/mol. The summed E-state index contributed by atoms with van der Waals surface area (Å²) in [5.41, 5.74) is -0.217. The van der Waals surface area contributed by atoms with Crippen molar-refractivity contribution in [3.63, 3.8) is 0 Å². The van der Waals surface area contributed by atoms with Crippen molar-refractivity contribution >= 4 is 18.2 Å². The number of aromatic nitrogens is 3. The van der Waals surface area contributed by atoms with Crippen molar-refractivity contribution in [2.24, 2.45) is 0 Å². The summed E-state index contributed by atoms with van der Waals surface area (Å²) >= 11 is 4.64. The molecule has 1 aromatic rings. The van der Waals surface area contributed by atoms with Crippen molar-refractivity contribution in [2.75, 3.05) is 0 Å². The Balaban J connectivity index is 3.32. The van der Waals surface area contributed by atoms with Gasteiger partial charge >= 0.3 is 5.97 Å². The first-order valence-corrected chi connectivity index (χ1v) is 3.18. The van der Waals surface area contributed by atoms with Crippen molar-refractivity contribution in [1.82, 2.24) is 15.2 Å². The van der Waals surface area contributed by atoms with Gasteiger partial charge in [0.15, 0.2) is 4.64 Å². The molecule has 0 amide bonds. The first kappa shape index (κ1) is 7.80. The maximum Gasteiger partial charge on any atom is 0.359 e. The number of aromatic amines is 1. The van der Waals surface area contributed by atoms with Gasteiger partial charge in [-0.15, -0.1) is 0 Å². The Bertz CT molecular complexity index is 346. The third-order valence-electron chi connectivity index (χ3n) is 1.00. The molecule has 0 aliphatic heterocycles. The van der Waals surface area contributed by atoms with E-state index < -0.39 is 5.97 Å². The van der Waals surface area contributed by atoms with Gasteiger partial charge in [-0.3, -0.25) is 5.10 Å². The minimum atomic E-state index is -1.17. The molecule has 6 heteroatoms. The van der Waals surface area contributed by atoms with Crippen LogP contribution in [0.1, 0.15) is 16.3 Å². The van der Waals surface area contributed by atoms with E-state index in [4.69, 9.17) is 5.11 Å². The van der Waals surface area contributed by atoms with E-state index in [1.807, 2.05) is 0 Å². The van der Waals surface area contributed by atoms with E-state index >= 15 is 0 Å². The van der Waals surface area contributed by atoms with E-state index in [0.29, 0.717) is 5.82 Å². The topological polar surface area (TPSA) is 78.9 Å². The summed E-state index contributed by atoms with van der Waals surface area (Å²) in [6, 6.07) is 0. The fourth-order valence-corrected chi connectivity index (χ4v) is 0.824. The second-order valence-electron chi connectivity index (χ2n) is 1.88. The van der Waals surface area contributed by atoms with Gasteiger partial charge in [0.2, 0.25) is 5.69 Å². The number of aromatic carboxylic acids is 1. The van der Waals surface area contributed by atoms with Crippen LogP contribution in [0.25, 0.3) is 0 Å². The molecule has 58 valence electrons. The Morgan fingerprint density at radius 3 is 2.82 bits per heavy atom. The van der Waals surface area contributed by atoms with Gasteiger partial charge in [0.25, 0.3) is 0 Å². The number of nitrogens with zero attached hydrogens (tertiary/aromatic N) is 2. The molecule has 0 bridgehead atoms. The SMILES string of the molecule is Cc1nc(=S)c(C(=O)O)n[nH]1. The molecule has 0 aromatic carbocycles. The number of hydrogen-bond donors (Lipinski definition) is 2. The van der Waals surface area contributed by atoms with E-state index in [1.165, 1.54) is 0 Å². The third-order valence-corrected chi connectivity index (χ3v) is 1.29. The molecule has 0 aliphatic carbocycles. The lowest BCUT2D eigenvalue weighted by Gasteiger charge is -1.93. The monoisotopic (exact) mass is 171 g/mol. The zero-order chi connectivity index (χ0) is 8.43. The Hall–Kier alpha value is -1.30. The smallest absolute Gasteiger partial charge is 0.359 e. The average Bonchev–Trinajstić information content (AvgIpc) is 1.85. The molecule has 1 heterocycles. The molecule has 2 N–H and O–H groups in total. The molecule has 1 rings (SSSR count). The predicted octanol–water partition coefficient (Wildman–Crippen LogP) is 0.541. The molecule has 0 aliphatic rings. The standard InChI is InChI=1S/C5H5N3O2S/c1-2-6-4(11)3(5(9)10)8-7-2/h1H3,(H,9,10)(H,6,7,11). The summed E-state index contributed by atoms with van der Waals surface area (Å²) in [7, 11) is 0. The Kier molecular flexibility index (Phi) is 1.95. The van der Waals surface area contributed by atoms with Gasteiger partial charge in [-0.25, -0.2) is 9.78 Å². The summed E-state index contributed by atoms with van der Waals surface area (Å²) in [5, 5.41) is 14.4. The van der Waals surface area contributed by atoms with Crippen molar-refractivity contribution < 1.29 is 9.90 Å². The second kappa shape index (κ2) is 2.75. The molecule has 0 fully saturated rings. The molecule has 1 aromatic heterocycles. The highest BCUT2D eigenvalue weighted by molar-refractivity contribution is 7.71.